The first-order valence-corrected chi connectivity index (χ1v) is 6.11. The van der Waals surface area contributed by atoms with Gasteiger partial charge in [0.15, 0.2) is 0 Å². The average molecular weight is 300 g/mol. The number of nitrogens with one attached hydrogen (secondary N) is 1. The number of aromatic nitrogens is 2. The van der Waals surface area contributed by atoms with E-state index in [4.69, 9.17) is 5.73 Å². The van der Waals surface area contributed by atoms with Gasteiger partial charge >= 0.3 is 0 Å². The highest BCUT2D eigenvalue weighted by atomic mass is 79.9. The highest BCUT2D eigenvalue weighted by Crippen LogP contribution is 2.27. The minimum atomic E-state index is -0.955. The molecule has 0 saturated heterocycles. The maximum atomic E-state index is 10.0. The third-order valence-electron chi connectivity index (χ3n) is 2.68. The summed E-state index contributed by atoms with van der Waals surface area (Å²) in [6.07, 6.45) is 1.87. The Morgan fingerprint density at radius 1 is 1.47 bits per heavy atom. The van der Waals surface area contributed by atoms with Crippen molar-refractivity contribution in [1.82, 2.24) is 9.97 Å². The lowest BCUT2D eigenvalue weighted by molar-refractivity contribution is 0.0159. The predicted molar refractivity (Wildman–Crippen MR) is 68.4 cm³/mol. The summed E-state index contributed by atoms with van der Waals surface area (Å²) in [5.41, 5.74) is 6.68. The Morgan fingerprint density at radius 2 is 2.24 bits per heavy atom. The number of aromatic amines is 1. The summed E-state index contributed by atoms with van der Waals surface area (Å²) in [5, 5.41) is 20.6. The van der Waals surface area contributed by atoms with Gasteiger partial charge in [-0.05, 0) is 35.0 Å². The Balaban J connectivity index is 2.38. The third-order valence-corrected chi connectivity index (χ3v) is 3.11. The number of hydrogen-bond acceptors (Lipinski definition) is 4. The molecule has 5 nitrogen and oxygen atoms in total. The van der Waals surface area contributed by atoms with Gasteiger partial charge in [0.2, 0.25) is 0 Å². The Bertz CT molecular complexity index is 514. The van der Waals surface area contributed by atoms with E-state index >= 15 is 0 Å². The van der Waals surface area contributed by atoms with E-state index in [9.17, 15) is 10.2 Å². The molecule has 0 bridgehead atoms. The molecule has 0 fully saturated rings. The Labute approximate surface area is 107 Å². The molecule has 2 aromatic rings. The van der Waals surface area contributed by atoms with E-state index in [1.54, 1.807) is 12.4 Å². The van der Waals surface area contributed by atoms with Crippen molar-refractivity contribution in [3.63, 3.8) is 0 Å². The first kappa shape index (κ1) is 12.5. The van der Waals surface area contributed by atoms with Crippen LogP contribution in [-0.2, 0) is 0 Å². The molecule has 5 N–H and O–H groups in total. The fourth-order valence-electron chi connectivity index (χ4n) is 1.78. The van der Waals surface area contributed by atoms with Gasteiger partial charge in [-0.2, -0.15) is 0 Å². The van der Waals surface area contributed by atoms with Crippen molar-refractivity contribution in [3.05, 3.63) is 28.5 Å². The lowest BCUT2D eigenvalue weighted by atomic mass is 10.0. The average Bonchev–Trinajstić information content (AvgIpc) is 2.71. The van der Waals surface area contributed by atoms with Crippen molar-refractivity contribution in [2.24, 2.45) is 5.73 Å². The molecule has 2 aromatic heterocycles. The van der Waals surface area contributed by atoms with Crippen molar-refractivity contribution in [3.8, 4) is 0 Å². The standard InChI is InChI=1S/C11H14BrN3O2/c12-6-3-7-8(5-15-11(7)14-4-6)10(17)9(16)1-2-13/h3-5,9-10,16-17H,1-2,13H2,(H,14,15). The first-order chi connectivity index (χ1) is 8.13. The second-order valence-corrected chi connectivity index (χ2v) is 4.80. The molecule has 0 aliphatic heterocycles. The molecule has 0 aliphatic carbocycles. The van der Waals surface area contributed by atoms with Crippen LogP contribution in [0, 0.1) is 0 Å². The number of nitrogens with zero attached hydrogens (tertiary/aromatic N) is 1. The molecule has 0 radical (unpaired) electrons. The Kier molecular flexibility index (Phi) is 3.78. The maximum absolute atomic E-state index is 10.0. The van der Waals surface area contributed by atoms with Crippen molar-refractivity contribution < 1.29 is 10.2 Å². The molecule has 0 aromatic carbocycles. The third kappa shape index (κ3) is 2.50. The highest BCUT2D eigenvalue weighted by Gasteiger charge is 2.21. The second kappa shape index (κ2) is 5.14. The fourth-order valence-corrected chi connectivity index (χ4v) is 2.11. The van der Waals surface area contributed by atoms with Crippen LogP contribution in [0.1, 0.15) is 18.1 Å². The number of rotatable bonds is 4. The molecule has 0 amide bonds. The zero-order valence-corrected chi connectivity index (χ0v) is 10.7. The van der Waals surface area contributed by atoms with E-state index < -0.39 is 12.2 Å². The quantitative estimate of drug-likeness (QED) is 0.679. The monoisotopic (exact) mass is 299 g/mol. The predicted octanol–water partition coefficient (Wildman–Crippen LogP) is 1.07. The Hall–Kier alpha value is -0.950. The first-order valence-electron chi connectivity index (χ1n) is 5.32. The molecular formula is C11H14BrN3O2. The zero-order valence-electron chi connectivity index (χ0n) is 9.10. The normalized spacial score (nSPS) is 15.1. The molecule has 2 unspecified atom stereocenters. The summed E-state index contributed by atoms with van der Waals surface area (Å²) in [5.74, 6) is 0. The van der Waals surface area contributed by atoms with Crippen molar-refractivity contribution >= 4 is 27.0 Å². The molecule has 0 spiro atoms. The number of aliphatic hydroxyl groups excluding tert-OH is 2. The van der Waals surface area contributed by atoms with Crippen molar-refractivity contribution in [2.75, 3.05) is 6.54 Å². The van der Waals surface area contributed by atoms with Gasteiger partial charge in [-0.1, -0.05) is 0 Å². The van der Waals surface area contributed by atoms with Crippen LogP contribution in [-0.4, -0.2) is 32.8 Å². The molecule has 17 heavy (non-hydrogen) atoms. The fraction of sp³-hybridized carbons (Fsp3) is 0.364. The SMILES string of the molecule is NCCC(O)C(O)c1c[nH]c2ncc(Br)cc12. The largest absolute Gasteiger partial charge is 0.390 e. The summed E-state index contributed by atoms with van der Waals surface area (Å²) in [4.78, 5) is 7.13. The van der Waals surface area contributed by atoms with E-state index in [-0.39, 0.29) is 0 Å². The van der Waals surface area contributed by atoms with Gasteiger partial charge in [-0.3, -0.25) is 0 Å². The van der Waals surface area contributed by atoms with Gasteiger partial charge in [0, 0.05) is 27.8 Å². The van der Waals surface area contributed by atoms with Gasteiger partial charge in [-0.15, -0.1) is 0 Å². The summed E-state index contributed by atoms with van der Waals surface area (Å²) in [7, 11) is 0. The molecular weight excluding hydrogens is 286 g/mol. The van der Waals surface area contributed by atoms with E-state index in [0.717, 1.165) is 9.86 Å². The van der Waals surface area contributed by atoms with Gasteiger partial charge in [0.05, 0.1) is 6.10 Å². The van der Waals surface area contributed by atoms with Crippen LogP contribution in [0.3, 0.4) is 0 Å². The van der Waals surface area contributed by atoms with Crippen LogP contribution >= 0.6 is 15.9 Å². The molecule has 0 saturated carbocycles. The minimum Gasteiger partial charge on any atom is -0.390 e. The van der Waals surface area contributed by atoms with Gasteiger partial charge < -0.3 is 20.9 Å². The highest BCUT2D eigenvalue weighted by molar-refractivity contribution is 9.10. The summed E-state index contributed by atoms with van der Waals surface area (Å²) in [6, 6.07) is 1.85. The van der Waals surface area contributed by atoms with Crippen LogP contribution in [0.5, 0.6) is 0 Å². The molecule has 2 rings (SSSR count). The maximum Gasteiger partial charge on any atom is 0.137 e. The smallest absolute Gasteiger partial charge is 0.137 e. The van der Waals surface area contributed by atoms with E-state index in [0.29, 0.717) is 24.2 Å². The number of aliphatic hydroxyl groups is 2. The number of hydrogen-bond donors (Lipinski definition) is 4. The van der Waals surface area contributed by atoms with Crippen molar-refractivity contribution in [2.45, 2.75) is 18.6 Å². The molecule has 0 aliphatic rings. The number of halogens is 1. The van der Waals surface area contributed by atoms with Crippen LogP contribution in [0.15, 0.2) is 22.9 Å². The van der Waals surface area contributed by atoms with E-state index in [2.05, 4.69) is 25.9 Å². The van der Waals surface area contributed by atoms with Crippen LogP contribution in [0.4, 0.5) is 0 Å². The van der Waals surface area contributed by atoms with Crippen molar-refractivity contribution in [1.29, 1.82) is 0 Å². The topological polar surface area (TPSA) is 95.2 Å². The molecule has 6 heteroatoms. The second-order valence-electron chi connectivity index (χ2n) is 3.88. The van der Waals surface area contributed by atoms with E-state index in [1.165, 1.54) is 0 Å². The van der Waals surface area contributed by atoms with Crippen LogP contribution in [0.2, 0.25) is 0 Å². The lowest BCUT2D eigenvalue weighted by Gasteiger charge is -2.16. The Morgan fingerprint density at radius 3 is 2.94 bits per heavy atom. The summed E-state index contributed by atoms with van der Waals surface area (Å²) < 4.78 is 0.825. The van der Waals surface area contributed by atoms with Gasteiger partial charge in [0.25, 0.3) is 0 Å². The number of fused-ring (bicyclic) bond motifs is 1. The van der Waals surface area contributed by atoms with Gasteiger partial charge in [0.1, 0.15) is 11.8 Å². The molecule has 92 valence electrons. The number of H-pyrrole nitrogens is 1. The zero-order chi connectivity index (χ0) is 12.4. The summed E-state index contributed by atoms with van der Waals surface area (Å²) in [6.45, 7) is 0.336. The number of pyridine rings is 1. The molecule has 2 atom stereocenters. The van der Waals surface area contributed by atoms with Crippen LogP contribution < -0.4 is 5.73 Å². The molecule has 2 heterocycles. The van der Waals surface area contributed by atoms with E-state index in [1.807, 2.05) is 6.07 Å². The van der Waals surface area contributed by atoms with Crippen LogP contribution in [0.25, 0.3) is 11.0 Å². The minimum absolute atomic E-state index is 0.336. The lowest BCUT2D eigenvalue weighted by Crippen LogP contribution is -2.21. The number of nitrogens with two attached hydrogens (primary N) is 1. The summed E-state index contributed by atoms with van der Waals surface area (Å²) >= 11 is 3.33. The van der Waals surface area contributed by atoms with Gasteiger partial charge in [-0.25, -0.2) is 4.98 Å².